The molecule has 5 nitrogen and oxygen atoms in total. The summed E-state index contributed by atoms with van der Waals surface area (Å²) in [5, 5.41) is 3.11. The van der Waals surface area contributed by atoms with Crippen LogP contribution in [0.1, 0.15) is 36.2 Å². The minimum Gasteiger partial charge on any atom is -0.348 e. The second-order valence-corrected chi connectivity index (χ2v) is 5.33. The van der Waals surface area contributed by atoms with Gasteiger partial charge in [0, 0.05) is 12.2 Å². The smallest absolute Gasteiger partial charge is 0.270 e. The van der Waals surface area contributed by atoms with Gasteiger partial charge in [-0.25, -0.2) is 0 Å². The van der Waals surface area contributed by atoms with Crippen LogP contribution in [0.2, 0.25) is 0 Å². The first-order chi connectivity index (χ1) is 8.76. The second-order valence-electron chi connectivity index (χ2n) is 5.33. The molecule has 0 aliphatic heterocycles. The van der Waals surface area contributed by atoms with Crippen LogP contribution in [-0.2, 0) is 0 Å². The van der Waals surface area contributed by atoms with Crippen LogP contribution in [0.25, 0.3) is 0 Å². The van der Waals surface area contributed by atoms with Crippen molar-refractivity contribution in [3.05, 3.63) is 24.0 Å². The molecular formula is C13H18N4O. The Balaban J connectivity index is 1.67. The van der Waals surface area contributed by atoms with Crippen molar-refractivity contribution in [1.29, 1.82) is 0 Å². The lowest BCUT2D eigenvalue weighted by atomic mass is 9.95. The van der Waals surface area contributed by atoms with Crippen LogP contribution < -0.4 is 16.6 Å². The number of carbonyl (C=O) groups excluding carboxylic acids is 1. The summed E-state index contributed by atoms with van der Waals surface area (Å²) in [5.74, 6) is 6.73. The molecule has 96 valence electrons. The van der Waals surface area contributed by atoms with Gasteiger partial charge in [0.15, 0.2) is 0 Å². The van der Waals surface area contributed by atoms with Crippen LogP contribution in [0.15, 0.2) is 18.3 Å². The van der Waals surface area contributed by atoms with E-state index < -0.39 is 0 Å². The van der Waals surface area contributed by atoms with E-state index in [4.69, 9.17) is 5.84 Å². The third kappa shape index (κ3) is 2.06. The fourth-order valence-corrected chi connectivity index (χ4v) is 3.31. The summed E-state index contributed by atoms with van der Waals surface area (Å²) >= 11 is 0. The molecule has 3 unspecified atom stereocenters. The van der Waals surface area contributed by atoms with E-state index in [1.807, 2.05) is 0 Å². The average Bonchev–Trinajstić information content (AvgIpc) is 3.01. The highest BCUT2D eigenvalue weighted by molar-refractivity contribution is 5.93. The zero-order valence-corrected chi connectivity index (χ0v) is 10.2. The van der Waals surface area contributed by atoms with E-state index in [-0.39, 0.29) is 5.91 Å². The molecule has 0 radical (unpaired) electrons. The summed E-state index contributed by atoms with van der Waals surface area (Å²) in [7, 11) is 0. The number of hydrogen-bond donors (Lipinski definition) is 3. The van der Waals surface area contributed by atoms with Crippen LogP contribution in [0.3, 0.4) is 0 Å². The Bertz CT molecular complexity index is 462. The Kier molecular flexibility index (Phi) is 2.91. The summed E-state index contributed by atoms with van der Waals surface area (Å²) in [6, 6.07) is 3.74. The molecule has 5 heteroatoms. The molecule has 1 heterocycles. The number of nitrogens with one attached hydrogen (secondary N) is 2. The lowest BCUT2D eigenvalue weighted by Gasteiger charge is -2.22. The van der Waals surface area contributed by atoms with Gasteiger partial charge in [0.1, 0.15) is 5.69 Å². The van der Waals surface area contributed by atoms with Gasteiger partial charge >= 0.3 is 0 Å². The summed E-state index contributed by atoms with van der Waals surface area (Å²) in [6.07, 6.45) is 6.59. The maximum Gasteiger partial charge on any atom is 0.270 e. The van der Waals surface area contributed by atoms with E-state index in [0.29, 0.717) is 23.3 Å². The Labute approximate surface area is 106 Å². The van der Waals surface area contributed by atoms with Crippen molar-refractivity contribution in [1.82, 2.24) is 10.3 Å². The monoisotopic (exact) mass is 246 g/mol. The molecule has 3 atom stereocenters. The molecule has 18 heavy (non-hydrogen) atoms. The molecule has 3 rings (SSSR count). The number of nitrogens with two attached hydrogens (primary N) is 1. The number of rotatable bonds is 3. The van der Waals surface area contributed by atoms with Crippen LogP contribution in [0, 0.1) is 11.8 Å². The van der Waals surface area contributed by atoms with E-state index >= 15 is 0 Å². The standard InChI is InChI=1S/C13H18N4O/c14-17-10-3-4-15-12(7-10)13(18)16-11-6-8-1-2-9(11)5-8/h3-4,7-9,11H,1-2,5-6,14H2,(H,15,17)(H,16,18). The molecule has 4 N–H and O–H groups in total. The topological polar surface area (TPSA) is 80.0 Å². The minimum absolute atomic E-state index is 0.0929. The minimum atomic E-state index is -0.0929. The molecule has 2 aliphatic carbocycles. The molecule has 2 aliphatic rings. The Morgan fingerprint density at radius 2 is 2.28 bits per heavy atom. The highest BCUT2D eigenvalue weighted by atomic mass is 16.1. The highest BCUT2D eigenvalue weighted by Gasteiger charge is 2.40. The van der Waals surface area contributed by atoms with E-state index in [2.05, 4.69) is 15.7 Å². The first-order valence-electron chi connectivity index (χ1n) is 6.50. The van der Waals surface area contributed by atoms with Gasteiger partial charge in [0.2, 0.25) is 0 Å². The van der Waals surface area contributed by atoms with Crippen LogP contribution in [0.4, 0.5) is 5.69 Å². The van der Waals surface area contributed by atoms with Crippen molar-refractivity contribution in [2.45, 2.75) is 31.7 Å². The number of amides is 1. The lowest BCUT2D eigenvalue weighted by molar-refractivity contribution is 0.0918. The second kappa shape index (κ2) is 4.57. The molecule has 1 amide bonds. The largest absolute Gasteiger partial charge is 0.348 e. The first kappa shape index (κ1) is 11.5. The van der Waals surface area contributed by atoms with Gasteiger partial charge in [-0.1, -0.05) is 6.42 Å². The lowest BCUT2D eigenvalue weighted by Crippen LogP contribution is -2.38. The molecule has 0 saturated heterocycles. The number of nitrogen functional groups attached to an aromatic ring is 1. The Hall–Kier alpha value is -1.62. The zero-order valence-electron chi connectivity index (χ0n) is 10.2. The van der Waals surface area contributed by atoms with Crippen molar-refractivity contribution in [2.75, 3.05) is 5.43 Å². The van der Waals surface area contributed by atoms with Gasteiger partial charge in [0.25, 0.3) is 5.91 Å². The zero-order chi connectivity index (χ0) is 12.5. The summed E-state index contributed by atoms with van der Waals surface area (Å²) in [5.41, 5.74) is 3.64. The molecule has 0 spiro atoms. The average molecular weight is 246 g/mol. The molecule has 1 aromatic rings. The van der Waals surface area contributed by atoms with E-state index in [9.17, 15) is 4.79 Å². The van der Waals surface area contributed by atoms with E-state index in [0.717, 1.165) is 12.3 Å². The van der Waals surface area contributed by atoms with Gasteiger partial charge in [-0.2, -0.15) is 0 Å². The van der Waals surface area contributed by atoms with Crippen LogP contribution >= 0.6 is 0 Å². The quantitative estimate of drug-likeness (QED) is 0.554. The number of aromatic nitrogens is 1. The summed E-state index contributed by atoms with van der Waals surface area (Å²) < 4.78 is 0. The van der Waals surface area contributed by atoms with E-state index in [1.54, 1.807) is 18.3 Å². The highest BCUT2D eigenvalue weighted by Crippen LogP contribution is 2.44. The fraction of sp³-hybridized carbons (Fsp3) is 0.538. The fourth-order valence-electron chi connectivity index (χ4n) is 3.31. The van der Waals surface area contributed by atoms with Crippen molar-refractivity contribution in [3.63, 3.8) is 0 Å². The van der Waals surface area contributed by atoms with Crippen LogP contribution in [-0.4, -0.2) is 16.9 Å². The number of pyridine rings is 1. The van der Waals surface area contributed by atoms with Gasteiger partial charge < -0.3 is 10.7 Å². The Morgan fingerprint density at radius 3 is 2.94 bits per heavy atom. The summed E-state index contributed by atoms with van der Waals surface area (Å²) in [6.45, 7) is 0. The Morgan fingerprint density at radius 1 is 1.39 bits per heavy atom. The van der Waals surface area contributed by atoms with Gasteiger partial charge in [-0.15, -0.1) is 0 Å². The predicted molar refractivity (Wildman–Crippen MR) is 68.7 cm³/mol. The first-order valence-corrected chi connectivity index (χ1v) is 6.50. The number of fused-ring (bicyclic) bond motifs is 2. The maximum atomic E-state index is 12.1. The van der Waals surface area contributed by atoms with Gasteiger partial charge in [-0.05, 0) is 43.2 Å². The molecule has 2 saturated carbocycles. The van der Waals surface area contributed by atoms with Gasteiger partial charge in [0.05, 0.1) is 5.69 Å². The SMILES string of the molecule is NNc1ccnc(C(=O)NC2CC3CCC2C3)c1. The third-order valence-corrected chi connectivity index (χ3v) is 4.21. The number of hydrogen-bond acceptors (Lipinski definition) is 4. The van der Waals surface area contributed by atoms with Crippen molar-refractivity contribution >= 4 is 11.6 Å². The third-order valence-electron chi connectivity index (χ3n) is 4.21. The predicted octanol–water partition coefficient (Wildman–Crippen LogP) is 1.29. The number of anilines is 1. The molecule has 2 bridgehead atoms. The molecule has 1 aromatic heterocycles. The van der Waals surface area contributed by atoms with Crippen LogP contribution in [0.5, 0.6) is 0 Å². The van der Waals surface area contributed by atoms with Crippen molar-refractivity contribution in [2.24, 2.45) is 17.7 Å². The maximum absolute atomic E-state index is 12.1. The van der Waals surface area contributed by atoms with Crippen molar-refractivity contribution in [3.8, 4) is 0 Å². The summed E-state index contributed by atoms with van der Waals surface area (Å²) in [4.78, 5) is 16.2. The van der Waals surface area contributed by atoms with Crippen molar-refractivity contribution < 1.29 is 4.79 Å². The number of carbonyl (C=O) groups is 1. The number of hydrazine groups is 1. The molecule has 2 fully saturated rings. The van der Waals surface area contributed by atoms with Gasteiger partial charge in [-0.3, -0.25) is 15.6 Å². The van der Waals surface area contributed by atoms with E-state index in [1.165, 1.54) is 19.3 Å². The normalized spacial score (nSPS) is 29.3. The number of nitrogens with zero attached hydrogens (tertiary/aromatic N) is 1. The molecular weight excluding hydrogens is 228 g/mol. The molecule has 0 aromatic carbocycles.